The van der Waals surface area contributed by atoms with Crippen LogP contribution >= 0.6 is 0 Å². The number of rotatable bonds is 9. The number of ketones is 1. The first-order chi connectivity index (χ1) is 15.5. The van der Waals surface area contributed by atoms with E-state index < -0.39 is 0 Å². The Balaban J connectivity index is 1.15. The Morgan fingerprint density at radius 2 is 1.78 bits per heavy atom. The summed E-state index contributed by atoms with van der Waals surface area (Å²) in [5, 5.41) is 0. The normalized spacial score (nSPS) is 24.7. The standard InChI is InChI=1S/C26H40N2O4/c1-19(2)25(30-3)23(29)17-21-9-7-20(8-10-21)11-12-27-13-15-28(16-14-27)22-5-4-6-24-26(22)32-18-31-24/h4-6,19-21,25H,7-18H2,1-3H3/t20?,21?,25-/m1/s1. The Labute approximate surface area is 193 Å². The number of para-hydroxylation sites is 1. The molecule has 6 nitrogen and oxygen atoms in total. The van der Waals surface area contributed by atoms with E-state index in [-0.39, 0.29) is 12.0 Å². The number of hydrogen-bond acceptors (Lipinski definition) is 6. The molecule has 32 heavy (non-hydrogen) atoms. The van der Waals surface area contributed by atoms with Crippen LogP contribution in [0.1, 0.15) is 52.4 Å². The van der Waals surface area contributed by atoms with E-state index in [9.17, 15) is 4.79 Å². The molecule has 1 atom stereocenters. The van der Waals surface area contributed by atoms with Crippen molar-refractivity contribution < 1.29 is 19.0 Å². The highest BCUT2D eigenvalue weighted by Crippen LogP contribution is 2.41. The molecule has 6 heteroatoms. The van der Waals surface area contributed by atoms with E-state index in [4.69, 9.17) is 14.2 Å². The van der Waals surface area contributed by atoms with Gasteiger partial charge < -0.3 is 19.1 Å². The number of hydrogen-bond donors (Lipinski definition) is 0. The minimum Gasteiger partial charge on any atom is -0.454 e. The van der Waals surface area contributed by atoms with Gasteiger partial charge in [-0.1, -0.05) is 32.8 Å². The molecule has 0 N–H and O–H groups in total. The summed E-state index contributed by atoms with van der Waals surface area (Å²) < 4.78 is 16.7. The molecule has 0 aromatic heterocycles. The zero-order chi connectivity index (χ0) is 22.5. The van der Waals surface area contributed by atoms with Gasteiger partial charge in [0.2, 0.25) is 6.79 Å². The van der Waals surface area contributed by atoms with Crippen LogP contribution in [0.2, 0.25) is 0 Å². The van der Waals surface area contributed by atoms with E-state index in [1.54, 1.807) is 7.11 Å². The summed E-state index contributed by atoms with van der Waals surface area (Å²) in [5.74, 6) is 3.69. The number of Topliss-reactive ketones (excluding diaryl/α,β-unsaturated/α-hetero) is 1. The van der Waals surface area contributed by atoms with Gasteiger partial charge in [-0.2, -0.15) is 0 Å². The minimum absolute atomic E-state index is 0.234. The summed E-state index contributed by atoms with van der Waals surface area (Å²) >= 11 is 0. The van der Waals surface area contributed by atoms with Crippen LogP contribution in [-0.4, -0.2) is 63.4 Å². The predicted octanol–water partition coefficient (Wildman–Crippen LogP) is 4.36. The van der Waals surface area contributed by atoms with Crippen LogP contribution < -0.4 is 14.4 Å². The van der Waals surface area contributed by atoms with Crippen LogP contribution in [0, 0.1) is 17.8 Å². The lowest BCUT2D eigenvalue weighted by atomic mass is 9.77. The van der Waals surface area contributed by atoms with E-state index >= 15 is 0 Å². The Morgan fingerprint density at radius 1 is 1.06 bits per heavy atom. The number of anilines is 1. The molecule has 0 spiro atoms. The maximum Gasteiger partial charge on any atom is 0.231 e. The van der Waals surface area contributed by atoms with Gasteiger partial charge in [-0.25, -0.2) is 0 Å². The number of fused-ring (bicyclic) bond motifs is 1. The molecule has 0 radical (unpaired) electrons. The lowest BCUT2D eigenvalue weighted by Crippen LogP contribution is -2.47. The number of benzene rings is 1. The average molecular weight is 445 g/mol. The SMILES string of the molecule is CO[C@@H](C(=O)CC1CCC(CCN2CCN(c3cccc4c3OCO4)CC2)CC1)C(C)C. The lowest BCUT2D eigenvalue weighted by molar-refractivity contribution is -0.132. The smallest absolute Gasteiger partial charge is 0.231 e. The quantitative estimate of drug-likeness (QED) is 0.564. The summed E-state index contributed by atoms with van der Waals surface area (Å²) in [6.45, 7) is 9.91. The molecule has 1 saturated heterocycles. The fraction of sp³-hybridized carbons (Fsp3) is 0.731. The molecule has 0 bridgehead atoms. The van der Waals surface area contributed by atoms with Gasteiger partial charge in [0.15, 0.2) is 17.3 Å². The van der Waals surface area contributed by atoms with Crippen molar-refractivity contribution in [3.63, 3.8) is 0 Å². The highest BCUT2D eigenvalue weighted by atomic mass is 16.7. The molecule has 0 amide bonds. The maximum atomic E-state index is 12.5. The van der Waals surface area contributed by atoms with Gasteiger partial charge in [0.25, 0.3) is 0 Å². The summed E-state index contributed by atoms with van der Waals surface area (Å²) in [5.41, 5.74) is 1.17. The van der Waals surface area contributed by atoms with E-state index in [0.717, 1.165) is 43.6 Å². The molecule has 1 aliphatic carbocycles. The van der Waals surface area contributed by atoms with E-state index in [2.05, 4.69) is 35.8 Å². The van der Waals surface area contributed by atoms with Crippen molar-refractivity contribution in [2.24, 2.45) is 17.8 Å². The van der Waals surface area contributed by atoms with Gasteiger partial charge in [0, 0.05) is 39.7 Å². The fourth-order valence-corrected chi connectivity index (χ4v) is 5.64. The van der Waals surface area contributed by atoms with Crippen LogP contribution in [-0.2, 0) is 9.53 Å². The van der Waals surface area contributed by atoms with Gasteiger partial charge in [-0.05, 0) is 55.7 Å². The number of ether oxygens (including phenoxy) is 3. The van der Waals surface area contributed by atoms with Crippen LogP contribution in [0.5, 0.6) is 11.5 Å². The number of methoxy groups -OCH3 is 1. The van der Waals surface area contributed by atoms with Crippen molar-refractivity contribution in [1.82, 2.24) is 4.90 Å². The number of carbonyl (C=O) groups is 1. The Bertz CT molecular complexity index is 752. The third-order valence-electron chi connectivity index (χ3n) is 7.58. The molecule has 2 aliphatic heterocycles. The number of piperazine rings is 1. The van der Waals surface area contributed by atoms with Gasteiger partial charge >= 0.3 is 0 Å². The Hall–Kier alpha value is -1.79. The van der Waals surface area contributed by atoms with Gasteiger partial charge in [0.05, 0.1) is 5.69 Å². The van der Waals surface area contributed by atoms with Crippen LogP contribution in [0.15, 0.2) is 18.2 Å². The summed E-state index contributed by atoms with van der Waals surface area (Å²) in [7, 11) is 1.66. The molecule has 0 unspecified atom stereocenters. The zero-order valence-corrected chi connectivity index (χ0v) is 20.1. The van der Waals surface area contributed by atoms with Crippen molar-refractivity contribution in [2.45, 2.75) is 58.5 Å². The molecular formula is C26H40N2O4. The van der Waals surface area contributed by atoms with Crippen molar-refractivity contribution in [3.05, 3.63) is 18.2 Å². The van der Waals surface area contributed by atoms with Crippen LogP contribution in [0.25, 0.3) is 0 Å². The summed E-state index contributed by atoms with van der Waals surface area (Å²) in [6.07, 6.45) is 6.67. The second-order valence-electron chi connectivity index (χ2n) is 10.1. The highest BCUT2D eigenvalue weighted by molar-refractivity contribution is 5.83. The Morgan fingerprint density at radius 3 is 2.47 bits per heavy atom. The molecule has 1 aromatic rings. The molecule has 1 aromatic carbocycles. The molecule has 2 fully saturated rings. The molecular weight excluding hydrogens is 404 g/mol. The molecule has 1 saturated carbocycles. The van der Waals surface area contributed by atoms with Gasteiger partial charge in [-0.3, -0.25) is 9.69 Å². The average Bonchev–Trinajstić information content (AvgIpc) is 3.28. The molecule has 4 rings (SSSR count). The fourth-order valence-electron chi connectivity index (χ4n) is 5.64. The van der Waals surface area contributed by atoms with Crippen LogP contribution in [0.3, 0.4) is 0 Å². The van der Waals surface area contributed by atoms with Crippen molar-refractivity contribution >= 4 is 11.5 Å². The largest absolute Gasteiger partial charge is 0.454 e. The summed E-state index contributed by atoms with van der Waals surface area (Å²) in [4.78, 5) is 17.6. The third-order valence-corrected chi connectivity index (χ3v) is 7.58. The van der Waals surface area contributed by atoms with Gasteiger partial charge in [-0.15, -0.1) is 0 Å². The molecule has 178 valence electrons. The summed E-state index contributed by atoms with van der Waals surface area (Å²) in [6, 6.07) is 6.17. The lowest BCUT2D eigenvalue weighted by Gasteiger charge is -2.37. The first-order valence-corrected chi connectivity index (χ1v) is 12.5. The van der Waals surface area contributed by atoms with E-state index in [1.165, 1.54) is 44.3 Å². The second kappa shape index (κ2) is 10.9. The monoisotopic (exact) mass is 444 g/mol. The minimum atomic E-state index is -0.234. The zero-order valence-electron chi connectivity index (χ0n) is 20.1. The maximum absolute atomic E-state index is 12.5. The topological polar surface area (TPSA) is 51.2 Å². The van der Waals surface area contributed by atoms with E-state index in [0.29, 0.717) is 24.9 Å². The molecule has 2 heterocycles. The van der Waals surface area contributed by atoms with Crippen LogP contribution in [0.4, 0.5) is 5.69 Å². The van der Waals surface area contributed by atoms with Crippen molar-refractivity contribution in [2.75, 3.05) is 51.5 Å². The predicted molar refractivity (Wildman–Crippen MR) is 127 cm³/mol. The molecule has 3 aliphatic rings. The van der Waals surface area contributed by atoms with Gasteiger partial charge in [0.1, 0.15) is 6.10 Å². The first-order valence-electron chi connectivity index (χ1n) is 12.5. The van der Waals surface area contributed by atoms with Crippen molar-refractivity contribution in [3.8, 4) is 11.5 Å². The number of nitrogens with zero attached hydrogens (tertiary/aromatic N) is 2. The number of carbonyl (C=O) groups excluding carboxylic acids is 1. The first kappa shape index (κ1) is 23.4. The Kier molecular flexibility index (Phi) is 7.95. The van der Waals surface area contributed by atoms with Crippen molar-refractivity contribution in [1.29, 1.82) is 0 Å². The van der Waals surface area contributed by atoms with E-state index in [1.807, 2.05) is 6.07 Å². The third kappa shape index (κ3) is 5.57. The second-order valence-corrected chi connectivity index (χ2v) is 10.1. The highest BCUT2D eigenvalue weighted by Gasteiger charge is 2.29.